The lowest BCUT2D eigenvalue weighted by atomic mass is 10.1. The predicted octanol–water partition coefficient (Wildman–Crippen LogP) is 2.43. The van der Waals surface area contributed by atoms with Crippen molar-refractivity contribution in [2.45, 2.75) is 26.3 Å². The van der Waals surface area contributed by atoms with Crippen molar-refractivity contribution in [2.24, 2.45) is 0 Å². The Morgan fingerprint density at radius 2 is 2.14 bits per heavy atom. The van der Waals surface area contributed by atoms with Crippen LogP contribution < -0.4 is 5.32 Å². The maximum atomic E-state index is 5.41. The van der Waals surface area contributed by atoms with Gasteiger partial charge in [-0.1, -0.05) is 0 Å². The van der Waals surface area contributed by atoms with Gasteiger partial charge in [-0.25, -0.2) is 4.98 Å². The Balaban J connectivity index is 2.36. The second-order valence-electron chi connectivity index (χ2n) is 4.22. The summed E-state index contributed by atoms with van der Waals surface area (Å²) in [6, 6.07) is 4.23. The molecule has 0 spiro atoms. The number of nitrogens with one attached hydrogen (secondary N) is 1. The second kappa shape index (κ2) is 2.97. The topological polar surface area (TPSA) is 51.0 Å². The van der Waals surface area contributed by atoms with Crippen LogP contribution in [0.5, 0.6) is 0 Å². The first-order valence-corrected chi connectivity index (χ1v) is 4.54. The number of hydrogen-bond donors (Lipinski definition) is 1. The van der Waals surface area contributed by atoms with Gasteiger partial charge in [-0.2, -0.15) is 4.98 Å². The summed E-state index contributed by atoms with van der Waals surface area (Å²) in [5.74, 6) is 0. The summed E-state index contributed by atoms with van der Waals surface area (Å²) >= 11 is 0. The molecule has 14 heavy (non-hydrogen) atoms. The van der Waals surface area contributed by atoms with Crippen molar-refractivity contribution < 1.29 is 4.42 Å². The molecule has 4 nitrogen and oxygen atoms in total. The minimum absolute atomic E-state index is 0.0547. The van der Waals surface area contributed by atoms with Crippen molar-refractivity contribution in [1.29, 1.82) is 0 Å². The van der Waals surface area contributed by atoms with Crippen LogP contribution in [-0.2, 0) is 0 Å². The van der Waals surface area contributed by atoms with Crippen LogP contribution >= 0.6 is 0 Å². The Kier molecular flexibility index (Phi) is 1.91. The average Bonchev–Trinajstić information content (AvgIpc) is 2.42. The molecule has 0 radical (unpaired) electrons. The maximum absolute atomic E-state index is 5.41. The van der Waals surface area contributed by atoms with Crippen LogP contribution in [0.3, 0.4) is 0 Å². The minimum atomic E-state index is -0.0547. The summed E-state index contributed by atoms with van der Waals surface area (Å²) < 4.78 is 5.41. The lowest BCUT2D eigenvalue weighted by Gasteiger charge is -2.18. The number of nitrogens with zero attached hydrogens (tertiary/aromatic N) is 2. The molecule has 2 rings (SSSR count). The van der Waals surface area contributed by atoms with Crippen molar-refractivity contribution in [2.75, 3.05) is 5.32 Å². The van der Waals surface area contributed by atoms with E-state index in [-0.39, 0.29) is 5.54 Å². The molecule has 2 aromatic heterocycles. The first-order valence-electron chi connectivity index (χ1n) is 4.54. The van der Waals surface area contributed by atoms with Gasteiger partial charge in [0.15, 0.2) is 0 Å². The molecule has 0 bridgehead atoms. The van der Waals surface area contributed by atoms with Gasteiger partial charge < -0.3 is 9.73 Å². The first kappa shape index (κ1) is 8.99. The number of rotatable bonds is 1. The molecular weight excluding hydrogens is 178 g/mol. The van der Waals surface area contributed by atoms with Crippen LogP contribution in [0.2, 0.25) is 0 Å². The Bertz CT molecular complexity index is 409. The molecule has 2 aromatic rings. The van der Waals surface area contributed by atoms with Crippen LogP contribution in [0.4, 0.5) is 6.01 Å². The zero-order valence-corrected chi connectivity index (χ0v) is 8.53. The van der Waals surface area contributed by atoms with Gasteiger partial charge in [0.2, 0.25) is 5.71 Å². The molecule has 0 fully saturated rings. The molecule has 0 amide bonds. The summed E-state index contributed by atoms with van der Waals surface area (Å²) in [6.45, 7) is 6.15. The third kappa shape index (κ3) is 1.84. The van der Waals surface area contributed by atoms with Gasteiger partial charge >= 0.3 is 0 Å². The van der Waals surface area contributed by atoms with E-state index < -0.39 is 0 Å². The summed E-state index contributed by atoms with van der Waals surface area (Å²) in [4.78, 5) is 8.32. The van der Waals surface area contributed by atoms with Crippen LogP contribution in [0.15, 0.2) is 22.7 Å². The van der Waals surface area contributed by atoms with E-state index in [2.05, 4.69) is 36.1 Å². The molecule has 4 heteroatoms. The second-order valence-corrected chi connectivity index (χ2v) is 4.22. The number of fused-ring (bicyclic) bond motifs is 1. The van der Waals surface area contributed by atoms with Crippen molar-refractivity contribution in [3.63, 3.8) is 0 Å². The van der Waals surface area contributed by atoms with E-state index in [1.54, 1.807) is 6.20 Å². The fourth-order valence-corrected chi connectivity index (χ4v) is 1.14. The molecule has 74 valence electrons. The zero-order chi connectivity index (χ0) is 10.2. The van der Waals surface area contributed by atoms with E-state index in [0.717, 1.165) is 5.52 Å². The smallest absolute Gasteiger partial charge is 0.297 e. The zero-order valence-electron chi connectivity index (χ0n) is 8.53. The van der Waals surface area contributed by atoms with E-state index in [1.807, 2.05) is 12.1 Å². The van der Waals surface area contributed by atoms with Gasteiger partial charge in [-0.05, 0) is 32.9 Å². The molecule has 0 atom stereocenters. The van der Waals surface area contributed by atoms with E-state index in [4.69, 9.17) is 4.42 Å². The van der Waals surface area contributed by atoms with Crippen molar-refractivity contribution in [3.05, 3.63) is 18.3 Å². The molecule has 0 aliphatic rings. The number of aromatic nitrogens is 2. The summed E-state index contributed by atoms with van der Waals surface area (Å²) in [5, 5.41) is 3.15. The number of oxazole rings is 1. The predicted molar refractivity (Wildman–Crippen MR) is 55.2 cm³/mol. The van der Waals surface area contributed by atoms with Gasteiger partial charge in [0.25, 0.3) is 6.01 Å². The molecule has 0 unspecified atom stereocenters. The molecule has 0 saturated carbocycles. The third-order valence-electron chi connectivity index (χ3n) is 1.65. The number of anilines is 1. The van der Waals surface area contributed by atoms with Gasteiger partial charge in [0.05, 0.1) is 0 Å². The Morgan fingerprint density at radius 1 is 1.36 bits per heavy atom. The summed E-state index contributed by atoms with van der Waals surface area (Å²) in [5.41, 5.74) is 1.29. The normalized spacial score (nSPS) is 11.9. The van der Waals surface area contributed by atoms with E-state index in [0.29, 0.717) is 11.7 Å². The monoisotopic (exact) mass is 191 g/mol. The molecule has 2 heterocycles. The van der Waals surface area contributed by atoms with Gasteiger partial charge in [-0.15, -0.1) is 0 Å². The molecule has 0 saturated heterocycles. The lowest BCUT2D eigenvalue weighted by Crippen LogP contribution is -2.26. The summed E-state index contributed by atoms with van der Waals surface area (Å²) in [6.07, 6.45) is 1.69. The highest BCUT2D eigenvalue weighted by Gasteiger charge is 2.13. The molecular formula is C10H13N3O. The lowest BCUT2D eigenvalue weighted by molar-refractivity contribution is 0.550. The van der Waals surface area contributed by atoms with Crippen LogP contribution in [0.1, 0.15) is 20.8 Å². The van der Waals surface area contributed by atoms with E-state index >= 15 is 0 Å². The van der Waals surface area contributed by atoms with Crippen LogP contribution in [0.25, 0.3) is 11.2 Å². The summed E-state index contributed by atoms with van der Waals surface area (Å²) in [7, 11) is 0. The van der Waals surface area contributed by atoms with Crippen molar-refractivity contribution in [1.82, 2.24) is 9.97 Å². The quantitative estimate of drug-likeness (QED) is 0.752. The Hall–Kier alpha value is -1.58. The number of pyridine rings is 1. The van der Waals surface area contributed by atoms with E-state index in [1.165, 1.54) is 0 Å². The van der Waals surface area contributed by atoms with Crippen LogP contribution in [-0.4, -0.2) is 15.5 Å². The van der Waals surface area contributed by atoms with Gasteiger partial charge in [0, 0.05) is 11.7 Å². The van der Waals surface area contributed by atoms with Crippen molar-refractivity contribution >= 4 is 17.2 Å². The Labute approximate surface area is 82.4 Å². The van der Waals surface area contributed by atoms with Crippen molar-refractivity contribution in [3.8, 4) is 0 Å². The fourth-order valence-electron chi connectivity index (χ4n) is 1.14. The molecule has 0 aliphatic heterocycles. The molecule has 0 aliphatic carbocycles. The van der Waals surface area contributed by atoms with Gasteiger partial charge in [0.1, 0.15) is 5.52 Å². The number of hydrogen-bond acceptors (Lipinski definition) is 4. The van der Waals surface area contributed by atoms with E-state index in [9.17, 15) is 0 Å². The largest absolute Gasteiger partial charge is 0.404 e. The fraction of sp³-hybridized carbons (Fsp3) is 0.400. The average molecular weight is 191 g/mol. The molecule has 1 N–H and O–H groups in total. The van der Waals surface area contributed by atoms with Crippen LogP contribution in [0, 0.1) is 0 Å². The maximum Gasteiger partial charge on any atom is 0.297 e. The highest BCUT2D eigenvalue weighted by molar-refractivity contribution is 5.69. The highest BCUT2D eigenvalue weighted by atomic mass is 16.4. The SMILES string of the molecule is CC(C)(C)Nc1nc2cccnc2o1. The van der Waals surface area contributed by atoms with Gasteiger partial charge in [-0.3, -0.25) is 0 Å². The first-order chi connectivity index (χ1) is 6.54. The Morgan fingerprint density at radius 3 is 2.79 bits per heavy atom. The minimum Gasteiger partial charge on any atom is -0.404 e. The standard InChI is InChI=1S/C10H13N3O/c1-10(2,3)13-9-12-7-5-4-6-11-8(7)14-9/h4-6H,1-3H3,(H,12,13). The highest BCUT2D eigenvalue weighted by Crippen LogP contribution is 2.18. The third-order valence-corrected chi connectivity index (χ3v) is 1.65. The molecule has 0 aromatic carbocycles.